The van der Waals surface area contributed by atoms with Gasteiger partial charge in [0.25, 0.3) is 0 Å². The second-order valence-corrected chi connectivity index (χ2v) is 5.74. The summed E-state index contributed by atoms with van der Waals surface area (Å²) in [7, 11) is 3.17. The van der Waals surface area contributed by atoms with Crippen LogP contribution in [0.1, 0.15) is 0 Å². The SMILES string of the molecule is COC(COc1ccc(-c2ccc(OCC3OCCO3)cc2)cc1)OC. The van der Waals surface area contributed by atoms with Crippen LogP contribution in [0.15, 0.2) is 48.5 Å². The molecule has 1 fully saturated rings. The van der Waals surface area contributed by atoms with Crippen molar-refractivity contribution in [3.05, 3.63) is 48.5 Å². The summed E-state index contributed by atoms with van der Waals surface area (Å²) in [6.07, 6.45) is -0.639. The van der Waals surface area contributed by atoms with Crippen molar-refractivity contribution in [3.8, 4) is 22.6 Å². The fraction of sp³-hybridized carbons (Fsp3) is 0.400. The van der Waals surface area contributed by atoms with E-state index >= 15 is 0 Å². The molecule has 1 aliphatic rings. The Balaban J connectivity index is 1.53. The quantitative estimate of drug-likeness (QED) is 0.641. The smallest absolute Gasteiger partial charge is 0.191 e. The van der Waals surface area contributed by atoms with Crippen molar-refractivity contribution in [2.24, 2.45) is 0 Å². The Bertz CT molecular complexity index is 598. The highest BCUT2D eigenvalue weighted by Crippen LogP contribution is 2.25. The lowest BCUT2D eigenvalue weighted by Gasteiger charge is -2.14. The maximum absolute atomic E-state index is 5.68. The highest BCUT2D eigenvalue weighted by atomic mass is 16.7. The van der Waals surface area contributed by atoms with Gasteiger partial charge >= 0.3 is 0 Å². The molecular weight excluding hydrogens is 336 g/mol. The molecule has 1 saturated heterocycles. The van der Waals surface area contributed by atoms with Gasteiger partial charge in [0.1, 0.15) is 24.7 Å². The summed E-state index contributed by atoms with van der Waals surface area (Å²) in [5.74, 6) is 1.56. The second kappa shape index (κ2) is 9.54. The first-order valence-corrected chi connectivity index (χ1v) is 8.53. The minimum absolute atomic E-state index is 0.266. The first kappa shape index (κ1) is 18.7. The molecule has 1 aliphatic heterocycles. The average molecular weight is 360 g/mol. The van der Waals surface area contributed by atoms with Crippen molar-refractivity contribution in [2.45, 2.75) is 12.6 Å². The summed E-state index contributed by atoms with van der Waals surface area (Å²) in [5.41, 5.74) is 2.20. The van der Waals surface area contributed by atoms with Gasteiger partial charge < -0.3 is 28.4 Å². The van der Waals surface area contributed by atoms with Crippen molar-refractivity contribution in [1.29, 1.82) is 0 Å². The van der Waals surface area contributed by atoms with E-state index in [2.05, 4.69) is 0 Å². The Morgan fingerprint density at radius 3 is 1.81 bits per heavy atom. The highest BCUT2D eigenvalue weighted by Gasteiger charge is 2.16. The molecule has 2 aromatic rings. The Morgan fingerprint density at radius 1 is 0.808 bits per heavy atom. The van der Waals surface area contributed by atoms with Crippen LogP contribution in [0, 0.1) is 0 Å². The van der Waals surface area contributed by atoms with Crippen LogP contribution >= 0.6 is 0 Å². The van der Waals surface area contributed by atoms with E-state index in [4.69, 9.17) is 28.4 Å². The Labute approximate surface area is 153 Å². The van der Waals surface area contributed by atoms with Crippen molar-refractivity contribution < 1.29 is 28.4 Å². The van der Waals surface area contributed by atoms with E-state index in [1.165, 1.54) is 0 Å². The summed E-state index contributed by atoms with van der Waals surface area (Å²) in [4.78, 5) is 0. The molecule has 0 unspecified atom stereocenters. The number of ether oxygens (including phenoxy) is 6. The van der Waals surface area contributed by atoms with Gasteiger partial charge in [0.15, 0.2) is 12.6 Å². The third-order valence-electron chi connectivity index (χ3n) is 4.03. The van der Waals surface area contributed by atoms with Crippen LogP contribution in [0.25, 0.3) is 11.1 Å². The zero-order valence-electron chi connectivity index (χ0n) is 15.1. The molecule has 1 heterocycles. The predicted octanol–water partition coefficient (Wildman–Crippen LogP) is 3.10. The first-order chi connectivity index (χ1) is 12.8. The highest BCUT2D eigenvalue weighted by molar-refractivity contribution is 5.64. The molecule has 0 N–H and O–H groups in total. The van der Waals surface area contributed by atoms with Gasteiger partial charge in [-0.25, -0.2) is 0 Å². The van der Waals surface area contributed by atoms with E-state index in [9.17, 15) is 0 Å². The van der Waals surface area contributed by atoms with Crippen LogP contribution in [0.3, 0.4) is 0 Å². The minimum atomic E-state index is -0.373. The molecule has 0 saturated carbocycles. The van der Waals surface area contributed by atoms with Gasteiger partial charge in [-0.2, -0.15) is 0 Å². The molecule has 6 nitrogen and oxygen atoms in total. The van der Waals surface area contributed by atoms with Gasteiger partial charge in [0.2, 0.25) is 0 Å². The van der Waals surface area contributed by atoms with E-state index in [-0.39, 0.29) is 12.6 Å². The van der Waals surface area contributed by atoms with Gasteiger partial charge in [0, 0.05) is 14.2 Å². The molecule has 2 aromatic carbocycles. The topological polar surface area (TPSA) is 55.4 Å². The summed E-state index contributed by atoms with van der Waals surface area (Å²) in [6, 6.07) is 15.8. The molecule has 0 bridgehead atoms. The third-order valence-corrected chi connectivity index (χ3v) is 4.03. The monoisotopic (exact) mass is 360 g/mol. The molecule has 3 rings (SSSR count). The van der Waals surface area contributed by atoms with Crippen LogP contribution in [0.2, 0.25) is 0 Å². The molecular formula is C20H24O6. The van der Waals surface area contributed by atoms with Crippen LogP contribution < -0.4 is 9.47 Å². The zero-order chi connectivity index (χ0) is 18.2. The molecule has 0 amide bonds. The van der Waals surface area contributed by atoms with Crippen molar-refractivity contribution in [3.63, 3.8) is 0 Å². The minimum Gasteiger partial charge on any atom is -0.488 e. The molecule has 0 aromatic heterocycles. The maximum Gasteiger partial charge on any atom is 0.191 e. The molecule has 140 valence electrons. The molecule has 0 aliphatic carbocycles. The number of rotatable bonds is 9. The Morgan fingerprint density at radius 2 is 1.31 bits per heavy atom. The summed E-state index contributed by atoms with van der Waals surface area (Å²) < 4.78 is 32.2. The van der Waals surface area contributed by atoms with Gasteiger partial charge in [-0.1, -0.05) is 24.3 Å². The van der Waals surface area contributed by atoms with E-state index in [0.717, 1.165) is 22.6 Å². The predicted molar refractivity (Wildman–Crippen MR) is 96.4 cm³/mol. The average Bonchev–Trinajstić information content (AvgIpc) is 3.22. The van der Waals surface area contributed by atoms with E-state index in [0.29, 0.717) is 26.4 Å². The van der Waals surface area contributed by atoms with E-state index in [1.54, 1.807) is 14.2 Å². The number of benzene rings is 2. The largest absolute Gasteiger partial charge is 0.488 e. The standard InChI is InChI=1S/C20H24O6/c1-21-19(22-2)13-25-17-7-3-15(4-8-17)16-5-9-18(10-6-16)26-14-20-23-11-12-24-20/h3-10,19-20H,11-14H2,1-2H3. The van der Waals surface area contributed by atoms with Crippen LogP contribution in [0.4, 0.5) is 0 Å². The summed E-state index contributed by atoms with van der Waals surface area (Å²) >= 11 is 0. The first-order valence-electron chi connectivity index (χ1n) is 8.53. The maximum atomic E-state index is 5.68. The normalized spacial score (nSPS) is 14.7. The molecule has 0 atom stereocenters. The molecule has 0 radical (unpaired) electrons. The van der Waals surface area contributed by atoms with Crippen LogP contribution in [-0.4, -0.2) is 53.2 Å². The van der Waals surface area contributed by atoms with Crippen LogP contribution in [0.5, 0.6) is 11.5 Å². The van der Waals surface area contributed by atoms with E-state index in [1.807, 2.05) is 48.5 Å². The Hall–Kier alpha value is -2.12. The molecule has 26 heavy (non-hydrogen) atoms. The van der Waals surface area contributed by atoms with Gasteiger partial charge in [-0.3, -0.25) is 0 Å². The second-order valence-electron chi connectivity index (χ2n) is 5.74. The Kier molecular flexibility index (Phi) is 6.85. The van der Waals surface area contributed by atoms with E-state index < -0.39 is 0 Å². The molecule has 6 heteroatoms. The number of hydrogen-bond donors (Lipinski definition) is 0. The fourth-order valence-corrected chi connectivity index (χ4v) is 2.55. The fourth-order valence-electron chi connectivity index (χ4n) is 2.55. The van der Waals surface area contributed by atoms with Crippen molar-refractivity contribution in [1.82, 2.24) is 0 Å². The summed E-state index contributed by atoms with van der Waals surface area (Å²) in [6.45, 7) is 2.00. The van der Waals surface area contributed by atoms with Crippen LogP contribution in [-0.2, 0) is 18.9 Å². The number of methoxy groups -OCH3 is 2. The number of hydrogen-bond acceptors (Lipinski definition) is 6. The van der Waals surface area contributed by atoms with Crippen molar-refractivity contribution >= 4 is 0 Å². The van der Waals surface area contributed by atoms with Gasteiger partial charge in [-0.05, 0) is 35.4 Å². The zero-order valence-corrected chi connectivity index (χ0v) is 15.1. The lowest BCUT2D eigenvalue weighted by atomic mass is 10.1. The lowest BCUT2D eigenvalue weighted by molar-refractivity contribution is -0.121. The summed E-state index contributed by atoms with van der Waals surface area (Å²) in [5, 5.41) is 0. The van der Waals surface area contributed by atoms with Gasteiger partial charge in [-0.15, -0.1) is 0 Å². The lowest BCUT2D eigenvalue weighted by Crippen LogP contribution is -2.21. The van der Waals surface area contributed by atoms with Crippen molar-refractivity contribution in [2.75, 3.05) is 40.6 Å². The molecule has 0 spiro atoms. The third kappa shape index (κ3) is 5.19. The van der Waals surface area contributed by atoms with Gasteiger partial charge in [0.05, 0.1) is 13.2 Å².